The van der Waals surface area contributed by atoms with Crippen molar-refractivity contribution in [1.82, 2.24) is 25.1 Å². The van der Waals surface area contributed by atoms with Crippen LogP contribution >= 0.6 is 11.6 Å². The Labute approximate surface area is 182 Å². The fraction of sp³-hybridized carbons (Fsp3) is 0.0952. The molecule has 0 spiro atoms. The van der Waals surface area contributed by atoms with Crippen LogP contribution in [0.25, 0.3) is 22.8 Å². The van der Waals surface area contributed by atoms with Gasteiger partial charge in [0, 0.05) is 35.9 Å². The number of hydrogen-bond donors (Lipinski definition) is 2. The molecule has 4 rings (SSSR count). The van der Waals surface area contributed by atoms with Gasteiger partial charge < -0.3 is 20.4 Å². The molecule has 31 heavy (non-hydrogen) atoms. The molecule has 0 radical (unpaired) electrons. The van der Waals surface area contributed by atoms with Crippen LogP contribution in [-0.2, 0) is 0 Å². The Morgan fingerprint density at radius 2 is 1.90 bits per heavy atom. The number of anilines is 3. The molecule has 2 heterocycles. The van der Waals surface area contributed by atoms with E-state index >= 15 is 0 Å². The van der Waals surface area contributed by atoms with Crippen molar-refractivity contribution in [2.75, 3.05) is 25.1 Å². The Morgan fingerprint density at radius 1 is 1.13 bits per heavy atom. The van der Waals surface area contributed by atoms with Crippen molar-refractivity contribution in [3.63, 3.8) is 0 Å². The van der Waals surface area contributed by atoms with E-state index < -0.39 is 0 Å². The van der Waals surface area contributed by atoms with E-state index in [0.29, 0.717) is 22.0 Å². The van der Waals surface area contributed by atoms with Crippen LogP contribution in [0.4, 0.5) is 17.5 Å². The first-order valence-electron chi connectivity index (χ1n) is 9.22. The van der Waals surface area contributed by atoms with E-state index in [1.54, 1.807) is 62.8 Å². The molecule has 0 aliphatic heterocycles. The first-order chi connectivity index (χ1) is 14.9. The summed E-state index contributed by atoms with van der Waals surface area (Å²) < 4.78 is 5.65. The summed E-state index contributed by atoms with van der Waals surface area (Å²) in [6.07, 6.45) is 1.54. The summed E-state index contributed by atoms with van der Waals surface area (Å²) in [5.74, 6) is 0.193. The highest BCUT2D eigenvalue weighted by Crippen LogP contribution is 2.27. The van der Waals surface area contributed by atoms with Gasteiger partial charge in [-0.25, -0.2) is 9.97 Å². The highest BCUT2D eigenvalue weighted by atomic mass is 35.5. The van der Waals surface area contributed by atoms with Gasteiger partial charge in [-0.1, -0.05) is 34.9 Å². The summed E-state index contributed by atoms with van der Waals surface area (Å²) in [7, 11) is 3.40. The van der Waals surface area contributed by atoms with Gasteiger partial charge in [-0.15, -0.1) is 5.10 Å². The SMILES string of the molecule is CN(C)C(=O)c1ccc(-c2cnc(N)c(-c3nnc(Nc4cccc(Cl)c4)o3)n2)cc1. The molecule has 10 heteroatoms. The fourth-order valence-corrected chi connectivity index (χ4v) is 2.99. The molecule has 0 atom stereocenters. The van der Waals surface area contributed by atoms with Crippen LogP contribution in [0.5, 0.6) is 0 Å². The molecule has 2 aromatic carbocycles. The van der Waals surface area contributed by atoms with Gasteiger partial charge in [0.2, 0.25) is 0 Å². The number of carbonyl (C=O) groups is 1. The van der Waals surface area contributed by atoms with Crippen molar-refractivity contribution in [3.05, 3.63) is 65.3 Å². The van der Waals surface area contributed by atoms with E-state index in [2.05, 4.69) is 25.5 Å². The van der Waals surface area contributed by atoms with Crippen molar-refractivity contribution in [2.24, 2.45) is 0 Å². The molecule has 9 nitrogen and oxygen atoms in total. The average molecular weight is 436 g/mol. The topological polar surface area (TPSA) is 123 Å². The number of halogens is 1. The van der Waals surface area contributed by atoms with Crippen molar-refractivity contribution < 1.29 is 9.21 Å². The normalized spacial score (nSPS) is 10.7. The molecule has 0 saturated carbocycles. The number of hydrogen-bond acceptors (Lipinski definition) is 8. The van der Waals surface area contributed by atoms with Gasteiger partial charge in [-0.05, 0) is 30.3 Å². The third kappa shape index (κ3) is 4.46. The summed E-state index contributed by atoms with van der Waals surface area (Å²) in [5.41, 5.74) is 8.84. The number of carbonyl (C=O) groups excluding carboxylic acids is 1. The fourth-order valence-electron chi connectivity index (χ4n) is 2.80. The van der Waals surface area contributed by atoms with Crippen molar-refractivity contribution in [3.8, 4) is 22.8 Å². The zero-order valence-electron chi connectivity index (χ0n) is 16.7. The zero-order chi connectivity index (χ0) is 22.0. The van der Waals surface area contributed by atoms with Gasteiger partial charge >= 0.3 is 6.01 Å². The van der Waals surface area contributed by atoms with Crippen molar-refractivity contribution in [2.45, 2.75) is 0 Å². The lowest BCUT2D eigenvalue weighted by Crippen LogP contribution is -2.21. The summed E-state index contributed by atoms with van der Waals surface area (Å²) in [4.78, 5) is 22.3. The highest BCUT2D eigenvalue weighted by Gasteiger charge is 2.16. The molecule has 0 saturated heterocycles. The van der Waals surface area contributed by atoms with Crippen molar-refractivity contribution >= 4 is 35.0 Å². The van der Waals surface area contributed by atoms with E-state index in [1.165, 1.54) is 4.90 Å². The molecule has 0 bridgehead atoms. The minimum Gasteiger partial charge on any atom is -0.401 e. The van der Waals surface area contributed by atoms with Crippen LogP contribution in [0.2, 0.25) is 5.02 Å². The van der Waals surface area contributed by atoms with Gasteiger partial charge in [0.1, 0.15) is 0 Å². The van der Waals surface area contributed by atoms with Gasteiger partial charge in [-0.2, -0.15) is 0 Å². The molecule has 2 aromatic heterocycles. The van der Waals surface area contributed by atoms with Gasteiger partial charge in [0.05, 0.1) is 11.9 Å². The summed E-state index contributed by atoms with van der Waals surface area (Å²) in [6.45, 7) is 0. The smallest absolute Gasteiger partial charge is 0.320 e. The largest absolute Gasteiger partial charge is 0.401 e. The molecule has 1 amide bonds. The quantitative estimate of drug-likeness (QED) is 0.484. The minimum absolute atomic E-state index is 0.0822. The standard InChI is InChI=1S/C21H18ClN7O2/c1-29(2)20(30)13-8-6-12(7-9-13)16-11-24-18(23)17(26-16)19-27-28-21(31-19)25-15-5-3-4-14(22)10-15/h3-11H,1-2H3,(H2,23,24)(H,25,28). The predicted octanol–water partition coefficient (Wildman–Crippen LogP) is 3.87. The number of benzene rings is 2. The number of aromatic nitrogens is 4. The molecular formula is C21H18ClN7O2. The van der Waals surface area contributed by atoms with Crippen LogP contribution in [0.3, 0.4) is 0 Å². The Morgan fingerprint density at radius 3 is 2.61 bits per heavy atom. The number of nitrogens with zero attached hydrogens (tertiary/aromatic N) is 5. The van der Waals surface area contributed by atoms with Crippen molar-refractivity contribution in [1.29, 1.82) is 0 Å². The van der Waals surface area contributed by atoms with E-state index in [1.807, 2.05) is 6.07 Å². The van der Waals surface area contributed by atoms with Crippen LogP contribution in [0, 0.1) is 0 Å². The first kappa shape index (κ1) is 20.3. The number of rotatable bonds is 5. The predicted molar refractivity (Wildman–Crippen MR) is 118 cm³/mol. The zero-order valence-corrected chi connectivity index (χ0v) is 17.5. The van der Waals surface area contributed by atoms with Crippen LogP contribution in [0.1, 0.15) is 10.4 Å². The monoisotopic (exact) mass is 435 g/mol. The van der Waals surface area contributed by atoms with Crippen LogP contribution in [-0.4, -0.2) is 45.1 Å². The number of amides is 1. The lowest BCUT2D eigenvalue weighted by molar-refractivity contribution is 0.0827. The first-order valence-corrected chi connectivity index (χ1v) is 9.59. The maximum absolute atomic E-state index is 12.1. The van der Waals surface area contributed by atoms with E-state index in [-0.39, 0.29) is 29.3 Å². The van der Waals surface area contributed by atoms with Gasteiger partial charge in [0.25, 0.3) is 11.8 Å². The second-order valence-electron chi connectivity index (χ2n) is 6.81. The summed E-state index contributed by atoms with van der Waals surface area (Å²) in [6, 6.07) is 14.3. The maximum atomic E-state index is 12.1. The molecule has 4 aromatic rings. The lowest BCUT2D eigenvalue weighted by Gasteiger charge is -2.10. The number of nitrogen functional groups attached to an aromatic ring is 1. The molecule has 0 fully saturated rings. The third-order valence-electron chi connectivity index (χ3n) is 4.34. The lowest BCUT2D eigenvalue weighted by atomic mass is 10.1. The Kier molecular flexibility index (Phi) is 5.50. The van der Waals surface area contributed by atoms with E-state index in [0.717, 1.165) is 5.56 Å². The minimum atomic E-state index is -0.0822. The van der Waals surface area contributed by atoms with E-state index in [4.69, 9.17) is 21.8 Å². The van der Waals surface area contributed by atoms with E-state index in [9.17, 15) is 4.79 Å². The number of nitrogens with one attached hydrogen (secondary N) is 1. The Balaban J connectivity index is 1.60. The van der Waals surface area contributed by atoms with Crippen LogP contribution < -0.4 is 11.1 Å². The molecule has 0 aliphatic carbocycles. The van der Waals surface area contributed by atoms with Gasteiger partial charge in [-0.3, -0.25) is 4.79 Å². The average Bonchev–Trinajstić information content (AvgIpc) is 3.22. The molecule has 3 N–H and O–H groups in total. The molecular weight excluding hydrogens is 418 g/mol. The Bertz CT molecular complexity index is 1240. The summed E-state index contributed by atoms with van der Waals surface area (Å²) >= 11 is 5.99. The third-order valence-corrected chi connectivity index (χ3v) is 4.57. The highest BCUT2D eigenvalue weighted by molar-refractivity contribution is 6.30. The van der Waals surface area contributed by atoms with Gasteiger partial charge in [0.15, 0.2) is 11.5 Å². The summed E-state index contributed by atoms with van der Waals surface area (Å²) in [5, 5.41) is 11.5. The second-order valence-corrected chi connectivity index (χ2v) is 7.25. The Hall–Kier alpha value is -3.98. The second kappa shape index (κ2) is 8.41. The molecule has 156 valence electrons. The maximum Gasteiger partial charge on any atom is 0.320 e. The molecule has 0 aliphatic rings. The molecule has 0 unspecified atom stereocenters. The van der Waals surface area contributed by atoms with Crippen LogP contribution in [0.15, 0.2) is 59.1 Å². The number of nitrogens with two attached hydrogens (primary N) is 1.